The van der Waals surface area contributed by atoms with E-state index < -0.39 is 4.92 Å². The van der Waals surface area contributed by atoms with Gasteiger partial charge >= 0.3 is 0 Å². The number of non-ortho nitro benzene ring substituents is 1. The molecule has 0 bridgehead atoms. The summed E-state index contributed by atoms with van der Waals surface area (Å²) in [5, 5.41) is 10.2. The second-order valence-electron chi connectivity index (χ2n) is 1.97. The number of carbonyl (C=O) groups is 1. The van der Waals surface area contributed by atoms with Crippen molar-refractivity contribution >= 4 is 12.0 Å². The number of aldehydes is 1. The number of nitro benzene ring substituents is 1. The smallest absolute Gasteiger partial charge is 0.270 e. The second kappa shape index (κ2) is 4.17. The normalized spacial score (nSPS) is 8.33. The maximum Gasteiger partial charge on any atom is 0.270 e. The van der Waals surface area contributed by atoms with Crippen LogP contribution in [-0.2, 0) is 0 Å². The summed E-state index contributed by atoms with van der Waals surface area (Å²) in [5.41, 5.74) is 0.258. The molecule has 0 heterocycles. The first-order chi connectivity index (χ1) is 5.24. The zero-order valence-corrected chi connectivity index (χ0v) is 5.97. The summed E-state index contributed by atoms with van der Waals surface area (Å²) in [6.07, 6.45) is 0.576. The highest BCUT2D eigenvalue weighted by molar-refractivity contribution is 5.75. The van der Waals surface area contributed by atoms with Crippen molar-refractivity contribution in [1.29, 1.82) is 0 Å². The Morgan fingerprint density at radius 3 is 2.58 bits per heavy atom. The van der Waals surface area contributed by atoms with Gasteiger partial charge in [-0.1, -0.05) is 12.1 Å². The Hall–Kier alpha value is -1.78. The topological polar surface area (TPSA) is 60.2 Å². The molecule has 5 heteroatoms. The Bertz CT molecular complexity index is 300. The average Bonchev–Trinajstić information content (AvgIpc) is 2.05. The van der Waals surface area contributed by atoms with E-state index in [2.05, 4.69) is 0 Å². The van der Waals surface area contributed by atoms with Gasteiger partial charge in [0.2, 0.25) is 0 Å². The number of rotatable bonds is 2. The molecule has 0 atom stereocenters. The molecule has 0 aromatic heterocycles. The highest BCUT2D eigenvalue weighted by atomic mass is 19.0. The first kappa shape index (κ1) is 10.2. The van der Waals surface area contributed by atoms with E-state index in [1.54, 1.807) is 0 Å². The van der Waals surface area contributed by atoms with Crippen LogP contribution >= 0.6 is 0 Å². The van der Waals surface area contributed by atoms with E-state index in [9.17, 15) is 14.9 Å². The van der Waals surface area contributed by atoms with Crippen LogP contribution < -0.4 is 0 Å². The van der Waals surface area contributed by atoms with Gasteiger partial charge in [-0.25, -0.2) is 0 Å². The minimum atomic E-state index is -0.535. The molecule has 4 nitrogen and oxygen atoms in total. The van der Waals surface area contributed by atoms with Gasteiger partial charge in [0.15, 0.2) is 0 Å². The number of carbonyl (C=O) groups excluding carboxylic acids is 1. The van der Waals surface area contributed by atoms with Gasteiger partial charge in [0.1, 0.15) is 6.29 Å². The lowest BCUT2D eigenvalue weighted by atomic mass is 10.2. The van der Waals surface area contributed by atoms with Crippen molar-refractivity contribution in [3.05, 3.63) is 39.9 Å². The van der Waals surface area contributed by atoms with Crippen LogP contribution in [0, 0.1) is 10.1 Å². The lowest BCUT2D eigenvalue weighted by Gasteiger charge is -1.90. The monoisotopic (exact) mass is 171 g/mol. The third-order valence-corrected chi connectivity index (χ3v) is 1.22. The fraction of sp³-hybridized carbons (Fsp3) is 0. The summed E-state index contributed by atoms with van der Waals surface area (Å²) in [7, 11) is 0. The molecule has 0 aliphatic carbocycles. The molecule has 0 radical (unpaired) electrons. The Balaban J connectivity index is 0.00000121. The minimum absolute atomic E-state index is 0. The van der Waals surface area contributed by atoms with Gasteiger partial charge in [-0.3, -0.25) is 19.6 Å². The molecule has 64 valence electrons. The number of nitro groups is 1. The van der Waals surface area contributed by atoms with Crippen LogP contribution in [0.2, 0.25) is 0 Å². The Morgan fingerprint density at radius 1 is 1.42 bits per heavy atom. The van der Waals surface area contributed by atoms with E-state index in [0.29, 0.717) is 11.8 Å². The molecule has 1 aromatic rings. The predicted octanol–water partition coefficient (Wildman–Crippen LogP) is 1.56. The predicted molar refractivity (Wildman–Crippen MR) is 41.0 cm³/mol. The highest BCUT2D eigenvalue weighted by Crippen LogP contribution is 2.10. The summed E-state index contributed by atoms with van der Waals surface area (Å²) in [5.74, 6) is 0. The van der Waals surface area contributed by atoms with Crippen LogP contribution in [0.4, 0.5) is 10.4 Å². The van der Waals surface area contributed by atoms with E-state index in [4.69, 9.17) is 0 Å². The SMILES string of the molecule is F.O=Cc1cccc([N+](=O)[O-])c1. The summed E-state index contributed by atoms with van der Waals surface area (Å²) >= 11 is 0. The standard InChI is InChI=1S/C7H5NO3.FH/c9-5-6-2-1-3-7(4-6)8(10)11;/h1-5H;1H. The first-order valence-electron chi connectivity index (χ1n) is 2.93. The molecule has 0 saturated carbocycles. The van der Waals surface area contributed by atoms with Crippen molar-refractivity contribution in [2.45, 2.75) is 0 Å². The zero-order valence-electron chi connectivity index (χ0n) is 5.97. The number of hydrogen-bond donors (Lipinski definition) is 0. The molecule has 0 aliphatic rings. The van der Waals surface area contributed by atoms with Gasteiger partial charge in [0.05, 0.1) is 4.92 Å². The summed E-state index contributed by atoms with van der Waals surface area (Å²) < 4.78 is 0. The fourth-order valence-corrected chi connectivity index (χ4v) is 0.712. The van der Waals surface area contributed by atoms with Gasteiger partial charge in [0, 0.05) is 17.7 Å². The van der Waals surface area contributed by atoms with E-state index in [-0.39, 0.29) is 10.4 Å². The van der Waals surface area contributed by atoms with Crippen molar-refractivity contribution in [3.63, 3.8) is 0 Å². The molecule has 0 spiro atoms. The molecule has 0 fully saturated rings. The molecule has 0 aliphatic heterocycles. The Morgan fingerprint density at radius 2 is 2.08 bits per heavy atom. The molecule has 1 aromatic carbocycles. The van der Waals surface area contributed by atoms with Crippen LogP contribution in [0.15, 0.2) is 24.3 Å². The highest BCUT2D eigenvalue weighted by Gasteiger charge is 2.03. The van der Waals surface area contributed by atoms with Gasteiger partial charge in [0.25, 0.3) is 5.69 Å². The quantitative estimate of drug-likeness (QED) is 0.385. The fourth-order valence-electron chi connectivity index (χ4n) is 0.712. The zero-order chi connectivity index (χ0) is 8.27. The average molecular weight is 171 g/mol. The van der Waals surface area contributed by atoms with Gasteiger partial charge in [-0.05, 0) is 0 Å². The minimum Gasteiger partial charge on any atom is -0.298 e. The number of nitrogens with zero attached hydrogens (tertiary/aromatic N) is 1. The van der Waals surface area contributed by atoms with E-state index >= 15 is 0 Å². The molecular weight excluding hydrogens is 165 g/mol. The molecule has 0 amide bonds. The van der Waals surface area contributed by atoms with Crippen molar-refractivity contribution in [2.75, 3.05) is 0 Å². The number of hydrogen-bond acceptors (Lipinski definition) is 3. The van der Waals surface area contributed by atoms with E-state index in [0.717, 1.165) is 0 Å². The third-order valence-electron chi connectivity index (χ3n) is 1.22. The van der Waals surface area contributed by atoms with Crippen LogP contribution in [0.1, 0.15) is 10.4 Å². The van der Waals surface area contributed by atoms with Crippen LogP contribution in [0.5, 0.6) is 0 Å². The van der Waals surface area contributed by atoms with Crippen LogP contribution in [0.3, 0.4) is 0 Å². The third kappa shape index (κ3) is 2.12. The maximum atomic E-state index is 10.2. The van der Waals surface area contributed by atoms with Crippen molar-refractivity contribution < 1.29 is 14.4 Å². The van der Waals surface area contributed by atoms with Gasteiger partial charge in [-0.2, -0.15) is 0 Å². The van der Waals surface area contributed by atoms with Crippen LogP contribution in [-0.4, -0.2) is 11.2 Å². The van der Waals surface area contributed by atoms with Crippen molar-refractivity contribution in [3.8, 4) is 0 Å². The number of benzene rings is 1. The lowest BCUT2D eigenvalue weighted by molar-refractivity contribution is -0.384. The van der Waals surface area contributed by atoms with E-state index in [1.165, 1.54) is 24.3 Å². The second-order valence-corrected chi connectivity index (χ2v) is 1.97. The van der Waals surface area contributed by atoms with Crippen molar-refractivity contribution in [1.82, 2.24) is 0 Å². The summed E-state index contributed by atoms with van der Waals surface area (Å²) in [6, 6.07) is 5.56. The molecule has 0 unspecified atom stereocenters. The molecule has 0 saturated heterocycles. The Labute approximate surface area is 67.3 Å². The maximum absolute atomic E-state index is 10.2. The Kier molecular flexibility index (Phi) is 3.55. The van der Waals surface area contributed by atoms with E-state index in [1.807, 2.05) is 0 Å². The van der Waals surface area contributed by atoms with Gasteiger partial charge in [-0.15, -0.1) is 0 Å². The summed E-state index contributed by atoms with van der Waals surface area (Å²) in [6.45, 7) is 0. The van der Waals surface area contributed by atoms with Crippen molar-refractivity contribution in [2.24, 2.45) is 0 Å². The van der Waals surface area contributed by atoms with Gasteiger partial charge < -0.3 is 0 Å². The summed E-state index contributed by atoms with van der Waals surface area (Å²) in [4.78, 5) is 19.8. The first-order valence-corrected chi connectivity index (χ1v) is 2.93. The molecule has 12 heavy (non-hydrogen) atoms. The largest absolute Gasteiger partial charge is 0.298 e. The van der Waals surface area contributed by atoms with Crippen LogP contribution in [0.25, 0.3) is 0 Å². The molecular formula is C7H6FNO3. The molecule has 0 N–H and O–H groups in total. The lowest BCUT2D eigenvalue weighted by Crippen LogP contribution is -1.88. The molecule has 1 rings (SSSR count). The number of halogens is 1.